The molecule has 0 aromatic heterocycles. The van der Waals surface area contributed by atoms with Crippen molar-refractivity contribution in [1.82, 2.24) is 4.90 Å². The average molecular weight is 277 g/mol. The second kappa shape index (κ2) is 5.03. The predicted molar refractivity (Wildman–Crippen MR) is 78.5 cm³/mol. The molecule has 2 saturated carbocycles. The van der Waals surface area contributed by atoms with Crippen molar-refractivity contribution in [3.63, 3.8) is 0 Å². The number of benzene rings is 1. The Kier molecular flexibility index (Phi) is 3.49. The highest BCUT2D eigenvalue weighted by atomic mass is 19.1. The third kappa shape index (κ3) is 2.32. The molecule has 2 aliphatic rings. The molecule has 2 nitrogen and oxygen atoms in total. The van der Waals surface area contributed by atoms with Crippen LogP contribution in [0.2, 0.25) is 0 Å². The van der Waals surface area contributed by atoms with Gasteiger partial charge in [0.2, 0.25) is 0 Å². The van der Waals surface area contributed by atoms with Crippen LogP contribution in [0.3, 0.4) is 0 Å². The van der Waals surface area contributed by atoms with Gasteiger partial charge in [-0.1, -0.05) is 19.9 Å². The maximum atomic E-state index is 14.3. The van der Waals surface area contributed by atoms with Gasteiger partial charge in [0, 0.05) is 18.0 Å². The first-order valence-electron chi connectivity index (χ1n) is 7.78. The topological polar surface area (TPSA) is 12.5 Å². The van der Waals surface area contributed by atoms with Gasteiger partial charge in [-0.25, -0.2) is 4.39 Å². The van der Waals surface area contributed by atoms with Gasteiger partial charge in [-0.05, 0) is 50.9 Å². The van der Waals surface area contributed by atoms with Crippen molar-refractivity contribution in [2.45, 2.75) is 52.2 Å². The van der Waals surface area contributed by atoms with Gasteiger partial charge < -0.3 is 4.74 Å². The molecule has 3 rings (SSSR count). The first kappa shape index (κ1) is 13.9. The van der Waals surface area contributed by atoms with Crippen LogP contribution in [0.15, 0.2) is 12.1 Å². The van der Waals surface area contributed by atoms with Gasteiger partial charge in [0.1, 0.15) is 5.60 Å². The summed E-state index contributed by atoms with van der Waals surface area (Å²) in [4.78, 5) is 2.30. The fourth-order valence-electron chi connectivity index (χ4n) is 3.33. The minimum Gasteiger partial charge on any atom is -0.484 e. The van der Waals surface area contributed by atoms with Gasteiger partial charge in [0.05, 0.1) is 0 Å². The highest BCUT2D eigenvalue weighted by Crippen LogP contribution is 2.62. The lowest BCUT2D eigenvalue weighted by atomic mass is 9.96. The van der Waals surface area contributed by atoms with E-state index in [4.69, 9.17) is 4.74 Å². The van der Waals surface area contributed by atoms with E-state index in [-0.39, 0.29) is 11.4 Å². The molecule has 110 valence electrons. The van der Waals surface area contributed by atoms with E-state index in [9.17, 15) is 4.39 Å². The van der Waals surface area contributed by atoms with E-state index in [0.717, 1.165) is 43.6 Å². The number of hydrogen-bond donors (Lipinski definition) is 0. The second-order valence-corrected chi connectivity index (χ2v) is 6.30. The molecule has 0 heterocycles. The molecule has 2 atom stereocenters. The Morgan fingerprint density at radius 2 is 2.10 bits per heavy atom. The normalized spacial score (nSPS) is 27.1. The van der Waals surface area contributed by atoms with Gasteiger partial charge in [-0.3, -0.25) is 4.90 Å². The smallest absolute Gasteiger partial charge is 0.165 e. The first-order valence-corrected chi connectivity index (χ1v) is 7.78. The monoisotopic (exact) mass is 277 g/mol. The summed E-state index contributed by atoms with van der Waals surface area (Å²) in [5.41, 5.74) is 1.96. The second-order valence-electron chi connectivity index (χ2n) is 6.30. The van der Waals surface area contributed by atoms with Crippen LogP contribution in [0.25, 0.3) is 0 Å². The zero-order chi connectivity index (χ0) is 14.3. The molecule has 2 fully saturated rings. The molecule has 2 unspecified atom stereocenters. The van der Waals surface area contributed by atoms with Crippen molar-refractivity contribution in [3.8, 4) is 5.75 Å². The molecule has 2 aliphatic carbocycles. The SMILES string of the molecule is CCN(CC)Cc1cc(C)cc(F)c1OC12CCC1C2. The molecule has 0 aliphatic heterocycles. The third-order valence-electron chi connectivity index (χ3n) is 4.95. The van der Waals surface area contributed by atoms with E-state index in [2.05, 4.69) is 24.8 Å². The largest absolute Gasteiger partial charge is 0.484 e. The van der Waals surface area contributed by atoms with E-state index >= 15 is 0 Å². The minimum atomic E-state index is -0.195. The van der Waals surface area contributed by atoms with Gasteiger partial charge in [0.15, 0.2) is 11.6 Å². The molecule has 1 aromatic rings. The molecule has 3 heteroatoms. The van der Waals surface area contributed by atoms with Crippen LogP contribution < -0.4 is 4.74 Å². The molecule has 0 N–H and O–H groups in total. The first-order chi connectivity index (χ1) is 9.58. The highest BCUT2D eigenvalue weighted by Gasteiger charge is 2.64. The van der Waals surface area contributed by atoms with Crippen LogP contribution in [0.1, 0.15) is 44.2 Å². The maximum absolute atomic E-state index is 14.3. The predicted octanol–water partition coefficient (Wildman–Crippen LogP) is 3.91. The molecule has 0 amide bonds. The zero-order valence-corrected chi connectivity index (χ0v) is 12.7. The number of hydrogen-bond acceptors (Lipinski definition) is 2. The Hall–Kier alpha value is -1.09. The molecule has 0 saturated heterocycles. The van der Waals surface area contributed by atoms with Crippen LogP contribution >= 0.6 is 0 Å². The molecule has 0 radical (unpaired) electrons. The van der Waals surface area contributed by atoms with Crippen LogP contribution in [0.4, 0.5) is 4.39 Å². The third-order valence-corrected chi connectivity index (χ3v) is 4.95. The van der Waals surface area contributed by atoms with Crippen molar-refractivity contribution in [3.05, 3.63) is 29.1 Å². The van der Waals surface area contributed by atoms with Crippen LogP contribution in [0, 0.1) is 18.7 Å². The van der Waals surface area contributed by atoms with E-state index in [1.54, 1.807) is 6.07 Å². The zero-order valence-electron chi connectivity index (χ0n) is 12.7. The molecule has 1 aromatic carbocycles. The highest BCUT2D eigenvalue weighted by molar-refractivity contribution is 5.40. The fourth-order valence-corrected chi connectivity index (χ4v) is 3.33. The molecule has 0 spiro atoms. The van der Waals surface area contributed by atoms with Crippen molar-refractivity contribution >= 4 is 0 Å². The summed E-state index contributed by atoms with van der Waals surface area (Å²) in [7, 11) is 0. The van der Waals surface area contributed by atoms with E-state index in [1.807, 2.05) is 6.92 Å². The Labute approximate surface area is 120 Å². The number of rotatable bonds is 6. The number of nitrogens with zero attached hydrogens (tertiary/aromatic N) is 1. The van der Waals surface area contributed by atoms with E-state index < -0.39 is 0 Å². The lowest BCUT2D eigenvalue weighted by Crippen LogP contribution is -2.30. The molecular formula is C17H24FNO. The lowest BCUT2D eigenvalue weighted by Gasteiger charge is -2.29. The number of fused-ring (bicyclic) bond motifs is 1. The van der Waals surface area contributed by atoms with Gasteiger partial charge >= 0.3 is 0 Å². The fraction of sp³-hybridized carbons (Fsp3) is 0.647. The standard InChI is InChI=1S/C17H24FNO/c1-4-19(5-2)11-13-8-12(3)9-15(18)16(13)20-17-7-6-14(17)10-17/h8-9,14H,4-7,10-11H2,1-3H3. The Bertz CT molecular complexity index is 508. The van der Waals surface area contributed by atoms with Crippen molar-refractivity contribution in [1.29, 1.82) is 0 Å². The van der Waals surface area contributed by atoms with Crippen molar-refractivity contribution < 1.29 is 9.13 Å². The molecular weight excluding hydrogens is 253 g/mol. The Balaban J connectivity index is 1.86. The van der Waals surface area contributed by atoms with Crippen molar-refractivity contribution in [2.75, 3.05) is 13.1 Å². The lowest BCUT2D eigenvalue weighted by molar-refractivity contribution is 0.0894. The van der Waals surface area contributed by atoms with E-state index in [1.165, 1.54) is 6.42 Å². The Morgan fingerprint density at radius 1 is 1.35 bits per heavy atom. The number of aryl methyl sites for hydroxylation is 1. The number of ether oxygens (including phenoxy) is 1. The van der Waals surface area contributed by atoms with Crippen molar-refractivity contribution in [2.24, 2.45) is 5.92 Å². The van der Waals surface area contributed by atoms with Gasteiger partial charge in [-0.15, -0.1) is 0 Å². The molecule has 20 heavy (non-hydrogen) atoms. The minimum absolute atomic E-state index is 0.00585. The summed E-state index contributed by atoms with van der Waals surface area (Å²) in [5.74, 6) is 0.994. The number of halogens is 1. The summed E-state index contributed by atoms with van der Waals surface area (Å²) in [5, 5.41) is 0. The van der Waals surface area contributed by atoms with Gasteiger partial charge in [-0.2, -0.15) is 0 Å². The van der Waals surface area contributed by atoms with Crippen LogP contribution in [-0.2, 0) is 6.54 Å². The summed E-state index contributed by atoms with van der Waals surface area (Å²) < 4.78 is 20.5. The summed E-state index contributed by atoms with van der Waals surface area (Å²) in [6.45, 7) is 8.93. The summed E-state index contributed by atoms with van der Waals surface area (Å²) in [6, 6.07) is 3.66. The summed E-state index contributed by atoms with van der Waals surface area (Å²) >= 11 is 0. The van der Waals surface area contributed by atoms with E-state index in [0.29, 0.717) is 11.7 Å². The van der Waals surface area contributed by atoms with Gasteiger partial charge in [0.25, 0.3) is 0 Å². The maximum Gasteiger partial charge on any atom is 0.165 e. The van der Waals surface area contributed by atoms with Crippen LogP contribution in [-0.4, -0.2) is 23.6 Å². The van der Waals surface area contributed by atoms with Crippen LogP contribution in [0.5, 0.6) is 5.75 Å². The Morgan fingerprint density at radius 3 is 2.60 bits per heavy atom. The molecule has 0 bridgehead atoms. The average Bonchev–Trinajstić information content (AvgIpc) is 2.92. The summed E-state index contributed by atoms with van der Waals surface area (Å²) in [6.07, 6.45) is 3.46. The quantitative estimate of drug-likeness (QED) is 0.781.